The van der Waals surface area contributed by atoms with E-state index in [1.165, 1.54) is 0 Å². The second-order valence-corrected chi connectivity index (χ2v) is 2.12. The van der Waals surface area contributed by atoms with Gasteiger partial charge in [0.15, 0.2) is 0 Å². The number of amides is 1. The van der Waals surface area contributed by atoms with Gasteiger partial charge in [-0.3, -0.25) is 4.79 Å². The van der Waals surface area contributed by atoms with Gasteiger partial charge in [-0.25, -0.2) is 4.98 Å². The molecule has 0 saturated carbocycles. The van der Waals surface area contributed by atoms with Gasteiger partial charge in [0.25, 0.3) is 0 Å². The summed E-state index contributed by atoms with van der Waals surface area (Å²) in [6.07, 6.45) is 0.598. The molecule has 60 valence electrons. The van der Waals surface area contributed by atoms with Gasteiger partial charge in [-0.2, -0.15) is 5.26 Å². The van der Waals surface area contributed by atoms with Crippen LogP contribution in [0.25, 0.3) is 0 Å². The Morgan fingerprint density at radius 1 is 1.67 bits per heavy atom. The Hall–Kier alpha value is -1.89. The first-order valence-electron chi connectivity index (χ1n) is 3.40. The lowest BCUT2D eigenvalue weighted by Gasteiger charge is -1.97. The van der Waals surface area contributed by atoms with Gasteiger partial charge < -0.3 is 5.32 Å². The summed E-state index contributed by atoms with van der Waals surface area (Å²) in [5.74, 6) is 0. The van der Waals surface area contributed by atoms with Gasteiger partial charge in [0.05, 0.1) is 12.2 Å². The van der Waals surface area contributed by atoms with Crippen LogP contribution < -0.4 is 5.32 Å². The molecule has 0 saturated heterocycles. The molecule has 1 N–H and O–H groups in total. The summed E-state index contributed by atoms with van der Waals surface area (Å²) in [5.41, 5.74) is 1.04. The first kappa shape index (κ1) is 8.21. The molecule has 0 bridgehead atoms. The van der Waals surface area contributed by atoms with Crippen LogP contribution >= 0.6 is 0 Å². The number of rotatable bonds is 3. The van der Waals surface area contributed by atoms with Crippen molar-refractivity contribution in [3.8, 4) is 6.07 Å². The number of hydrogen-bond acceptors (Lipinski definition) is 3. The Balaban J connectivity index is 2.74. The van der Waals surface area contributed by atoms with E-state index in [0.29, 0.717) is 24.3 Å². The van der Waals surface area contributed by atoms with Crippen LogP contribution in [0.2, 0.25) is 0 Å². The quantitative estimate of drug-likeness (QED) is 0.644. The van der Waals surface area contributed by atoms with Crippen LogP contribution in [0.5, 0.6) is 0 Å². The van der Waals surface area contributed by atoms with Crippen LogP contribution in [-0.4, -0.2) is 11.4 Å². The summed E-state index contributed by atoms with van der Waals surface area (Å²) >= 11 is 0. The van der Waals surface area contributed by atoms with Gasteiger partial charge in [0, 0.05) is 0 Å². The number of hydrogen-bond donors (Lipinski definition) is 1. The highest BCUT2D eigenvalue weighted by Crippen LogP contribution is 1.96. The smallest absolute Gasteiger partial charge is 0.207 e. The Morgan fingerprint density at radius 2 is 2.50 bits per heavy atom. The first-order valence-corrected chi connectivity index (χ1v) is 3.40. The summed E-state index contributed by atoms with van der Waals surface area (Å²) < 4.78 is 0. The number of nitriles is 1. The zero-order valence-corrected chi connectivity index (χ0v) is 6.32. The molecule has 0 radical (unpaired) electrons. The molecular weight excluding hydrogens is 154 g/mol. The van der Waals surface area contributed by atoms with Crippen LogP contribution in [0.1, 0.15) is 11.4 Å². The molecule has 1 rings (SSSR count). The SMILES string of the molecule is N#Cc1cccc(CNC=O)n1. The third-order valence-electron chi connectivity index (χ3n) is 1.29. The Bertz CT molecular complexity index is 316. The van der Waals surface area contributed by atoms with E-state index < -0.39 is 0 Å². The highest BCUT2D eigenvalue weighted by Gasteiger charge is 1.94. The van der Waals surface area contributed by atoms with Crippen molar-refractivity contribution in [3.05, 3.63) is 29.6 Å². The van der Waals surface area contributed by atoms with Crippen molar-refractivity contribution in [1.82, 2.24) is 10.3 Å². The maximum absolute atomic E-state index is 9.93. The van der Waals surface area contributed by atoms with E-state index in [4.69, 9.17) is 5.26 Å². The van der Waals surface area contributed by atoms with E-state index in [9.17, 15) is 4.79 Å². The molecule has 4 nitrogen and oxygen atoms in total. The number of carbonyl (C=O) groups is 1. The van der Waals surface area contributed by atoms with Gasteiger partial charge >= 0.3 is 0 Å². The molecule has 1 heterocycles. The zero-order chi connectivity index (χ0) is 8.81. The minimum Gasteiger partial charge on any atom is -0.353 e. The van der Waals surface area contributed by atoms with E-state index in [0.717, 1.165) is 0 Å². The monoisotopic (exact) mass is 161 g/mol. The number of nitrogens with one attached hydrogen (secondary N) is 1. The number of aromatic nitrogens is 1. The predicted molar refractivity (Wildman–Crippen MR) is 41.9 cm³/mol. The average Bonchev–Trinajstić information content (AvgIpc) is 2.15. The van der Waals surface area contributed by atoms with Crippen LogP contribution in [0.3, 0.4) is 0 Å². The topological polar surface area (TPSA) is 65.8 Å². The maximum atomic E-state index is 9.93. The lowest BCUT2D eigenvalue weighted by Crippen LogP contribution is -2.11. The first-order chi connectivity index (χ1) is 5.86. The van der Waals surface area contributed by atoms with E-state index in [2.05, 4.69) is 10.3 Å². The molecule has 1 aromatic rings. The third kappa shape index (κ3) is 2.06. The van der Waals surface area contributed by atoms with Crippen molar-refractivity contribution in [2.45, 2.75) is 6.54 Å². The molecule has 0 fully saturated rings. The number of nitrogens with zero attached hydrogens (tertiary/aromatic N) is 2. The van der Waals surface area contributed by atoms with Crippen LogP contribution in [-0.2, 0) is 11.3 Å². The fraction of sp³-hybridized carbons (Fsp3) is 0.125. The summed E-state index contributed by atoms with van der Waals surface area (Å²) in [7, 11) is 0. The lowest BCUT2D eigenvalue weighted by atomic mass is 10.3. The minimum atomic E-state index is 0.360. The standard InChI is InChI=1S/C8H7N3O/c9-4-7-2-1-3-8(11-7)5-10-6-12/h1-3,6H,5H2,(H,10,12). The maximum Gasteiger partial charge on any atom is 0.207 e. The van der Waals surface area contributed by atoms with Crippen LogP contribution in [0, 0.1) is 11.3 Å². The number of pyridine rings is 1. The largest absolute Gasteiger partial charge is 0.353 e. The Labute approximate surface area is 69.8 Å². The van der Waals surface area contributed by atoms with Gasteiger partial charge in [-0.15, -0.1) is 0 Å². The van der Waals surface area contributed by atoms with Gasteiger partial charge in [0.2, 0.25) is 6.41 Å². The normalized spacial score (nSPS) is 8.58. The molecule has 0 aliphatic rings. The van der Waals surface area contributed by atoms with Gasteiger partial charge in [-0.05, 0) is 12.1 Å². The summed E-state index contributed by atoms with van der Waals surface area (Å²) in [4.78, 5) is 13.9. The van der Waals surface area contributed by atoms with Crippen molar-refractivity contribution < 1.29 is 4.79 Å². The average molecular weight is 161 g/mol. The van der Waals surface area contributed by atoms with Crippen LogP contribution in [0.4, 0.5) is 0 Å². The fourth-order valence-corrected chi connectivity index (χ4v) is 0.787. The lowest BCUT2D eigenvalue weighted by molar-refractivity contribution is -0.109. The summed E-state index contributed by atoms with van der Waals surface area (Å²) in [6.45, 7) is 0.360. The molecule has 12 heavy (non-hydrogen) atoms. The molecule has 1 aromatic heterocycles. The molecule has 0 aromatic carbocycles. The molecule has 1 amide bonds. The van der Waals surface area contributed by atoms with E-state index in [1.54, 1.807) is 18.2 Å². The third-order valence-corrected chi connectivity index (χ3v) is 1.29. The van der Waals surface area contributed by atoms with Crippen molar-refractivity contribution in [1.29, 1.82) is 5.26 Å². The molecule has 0 aliphatic carbocycles. The Kier molecular flexibility index (Phi) is 2.79. The van der Waals surface area contributed by atoms with Crippen LogP contribution in [0.15, 0.2) is 18.2 Å². The molecule has 4 heteroatoms. The molecule has 0 spiro atoms. The number of carbonyl (C=O) groups excluding carboxylic acids is 1. The van der Waals surface area contributed by atoms with Gasteiger partial charge in [0.1, 0.15) is 11.8 Å². The second-order valence-electron chi connectivity index (χ2n) is 2.12. The van der Waals surface area contributed by atoms with Crippen molar-refractivity contribution in [2.75, 3.05) is 0 Å². The zero-order valence-electron chi connectivity index (χ0n) is 6.32. The highest BCUT2D eigenvalue weighted by molar-refractivity contribution is 5.46. The van der Waals surface area contributed by atoms with E-state index in [1.807, 2.05) is 6.07 Å². The van der Waals surface area contributed by atoms with Gasteiger partial charge in [-0.1, -0.05) is 6.07 Å². The summed E-state index contributed by atoms with van der Waals surface area (Å²) in [5, 5.41) is 10.9. The van der Waals surface area contributed by atoms with Crippen molar-refractivity contribution >= 4 is 6.41 Å². The molecular formula is C8H7N3O. The summed E-state index contributed by atoms with van der Waals surface area (Å²) in [6, 6.07) is 7.01. The molecule has 0 unspecified atom stereocenters. The minimum absolute atomic E-state index is 0.360. The van der Waals surface area contributed by atoms with E-state index >= 15 is 0 Å². The molecule has 0 atom stereocenters. The Morgan fingerprint density at radius 3 is 3.17 bits per heavy atom. The predicted octanol–water partition coefficient (Wildman–Crippen LogP) is 0.199. The fourth-order valence-electron chi connectivity index (χ4n) is 0.787. The second kappa shape index (κ2) is 4.09. The molecule has 0 aliphatic heterocycles. The van der Waals surface area contributed by atoms with Crippen molar-refractivity contribution in [3.63, 3.8) is 0 Å². The highest BCUT2D eigenvalue weighted by atomic mass is 16.1. The van der Waals surface area contributed by atoms with E-state index in [-0.39, 0.29) is 0 Å². The van der Waals surface area contributed by atoms with Crippen molar-refractivity contribution in [2.24, 2.45) is 0 Å².